The van der Waals surface area contributed by atoms with Gasteiger partial charge in [-0.2, -0.15) is 0 Å². The van der Waals surface area contributed by atoms with E-state index in [0.717, 1.165) is 6.54 Å². The average Bonchev–Trinajstić information content (AvgIpc) is 2.34. The smallest absolute Gasteiger partial charge is 0.307 e. The van der Waals surface area contributed by atoms with Crippen molar-refractivity contribution >= 4 is 5.97 Å². The molecule has 1 unspecified atom stereocenters. The zero-order valence-electron chi connectivity index (χ0n) is 11.7. The maximum atomic E-state index is 11.4. The summed E-state index contributed by atoms with van der Waals surface area (Å²) in [6.07, 6.45) is 0.396. The molecule has 0 fully saturated rings. The van der Waals surface area contributed by atoms with E-state index in [0.29, 0.717) is 6.42 Å². The summed E-state index contributed by atoms with van der Waals surface area (Å²) in [5, 5.41) is 3.44. The first-order valence-electron chi connectivity index (χ1n) is 6.27. The third-order valence-electron chi connectivity index (χ3n) is 3.04. The van der Waals surface area contributed by atoms with E-state index in [-0.39, 0.29) is 17.4 Å². The maximum absolute atomic E-state index is 11.4. The van der Waals surface area contributed by atoms with Crippen molar-refractivity contribution in [2.45, 2.75) is 39.8 Å². The zero-order chi connectivity index (χ0) is 13.6. The third kappa shape index (κ3) is 4.88. The quantitative estimate of drug-likeness (QED) is 0.815. The zero-order valence-corrected chi connectivity index (χ0v) is 11.7. The summed E-state index contributed by atoms with van der Waals surface area (Å²) in [4.78, 5) is 11.4. The highest BCUT2D eigenvalue weighted by Gasteiger charge is 2.26. The van der Waals surface area contributed by atoms with E-state index in [9.17, 15) is 4.79 Å². The summed E-state index contributed by atoms with van der Waals surface area (Å²) in [6.45, 7) is 7.13. The Kier molecular flexibility index (Phi) is 5.35. The molecule has 0 spiro atoms. The van der Waals surface area contributed by atoms with E-state index >= 15 is 0 Å². The Bertz CT molecular complexity index is 368. The molecule has 0 radical (unpaired) electrons. The minimum absolute atomic E-state index is 0.0168. The molecule has 0 saturated heterocycles. The molecular formula is C15H23NO2. The van der Waals surface area contributed by atoms with Crippen LogP contribution in [0, 0.1) is 5.41 Å². The van der Waals surface area contributed by atoms with Gasteiger partial charge in [-0.25, -0.2) is 0 Å². The van der Waals surface area contributed by atoms with Gasteiger partial charge in [-0.05, 0) is 11.0 Å². The summed E-state index contributed by atoms with van der Waals surface area (Å²) in [5.74, 6) is -0.171. The highest BCUT2D eigenvalue weighted by Crippen LogP contribution is 2.22. The standard InChI is InChI=1S/C15H23NO2/c1-15(2,3)13(10-14(17)18-4)16-11-12-8-6-5-7-9-12/h5-9,13,16H,10-11H2,1-4H3. The summed E-state index contributed by atoms with van der Waals surface area (Å²) in [5.41, 5.74) is 1.24. The fraction of sp³-hybridized carbons (Fsp3) is 0.533. The summed E-state index contributed by atoms with van der Waals surface area (Å²) in [6, 6.07) is 10.3. The van der Waals surface area contributed by atoms with Gasteiger partial charge in [-0.15, -0.1) is 0 Å². The molecule has 0 aromatic heterocycles. The molecule has 0 aliphatic carbocycles. The predicted octanol–water partition coefficient (Wildman–Crippen LogP) is 2.75. The SMILES string of the molecule is COC(=O)CC(NCc1ccccc1)C(C)(C)C. The van der Waals surface area contributed by atoms with E-state index in [1.54, 1.807) is 0 Å². The van der Waals surface area contributed by atoms with Gasteiger partial charge in [0.2, 0.25) is 0 Å². The van der Waals surface area contributed by atoms with Crippen LogP contribution in [0.1, 0.15) is 32.8 Å². The number of esters is 1. The van der Waals surface area contributed by atoms with Gasteiger partial charge in [-0.1, -0.05) is 51.1 Å². The molecule has 3 nitrogen and oxygen atoms in total. The molecule has 1 N–H and O–H groups in total. The number of carbonyl (C=O) groups excluding carboxylic acids is 1. The summed E-state index contributed by atoms with van der Waals surface area (Å²) in [7, 11) is 1.43. The van der Waals surface area contributed by atoms with Crippen LogP contribution in [0.4, 0.5) is 0 Å². The number of methoxy groups -OCH3 is 1. The number of nitrogens with one attached hydrogen (secondary N) is 1. The third-order valence-corrected chi connectivity index (χ3v) is 3.04. The van der Waals surface area contributed by atoms with Crippen molar-refractivity contribution in [1.82, 2.24) is 5.32 Å². The first-order valence-corrected chi connectivity index (χ1v) is 6.27. The number of ether oxygens (including phenoxy) is 1. The molecule has 1 aromatic rings. The molecule has 0 saturated carbocycles. The highest BCUT2D eigenvalue weighted by atomic mass is 16.5. The van der Waals surface area contributed by atoms with Crippen LogP contribution < -0.4 is 5.32 Å². The second kappa shape index (κ2) is 6.55. The predicted molar refractivity (Wildman–Crippen MR) is 73.2 cm³/mol. The Labute approximate surface area is 110 Å². The van der Waals surface area contributed by atoms with Crippen LogP contribution in [-0.2, 0) is 16.1 Å². The second-order valence-corrected chi connectivity index (χ2v) is 5.57. The minimum Gasteiger partial charge on any atom is -0.469 e. The van der Waals surface area contributed by atoms with Crippen LogP contribution in [-0.4, -0.2) is 19.1 Å². The lowest BCUT2D eigenvalue weighted by Gasteiger charge is -2.31. The first-order chi connectivity index (χ1) is 8.43. The van der Waals surface area contributed by atoms with Gasteiger partial charge in [0, 0.05) is 12.6 Å². The Balaban J connectivity index is 2.59. The van der Waals surface area contributed by atoms with Crippen molar-refractivity contribution in [1.29, 1.82) is 0 Å². The largest absolute Gasteiger partial charge is 0.469 e. The van der Waals surface area contributed by atoms with Crippen LogP contribution in [0.15, 0.2) is 30.3 Å². The molecule has 1 aromatic carbocycles. The van der Waals surface area contributed by atoms with E-state index in [4.69, 9.17) is 4.74 Å². The van der Waals surface area contributed by atoms with Gasteiger partial charge in [0.05, 0.1) is 13.5 Å². The van der Waals surface area contributed by atoms with Gasteiger partial charge >= 0.3 is 5.97 Å². The van der Waals surface area contributed by atoms with Crippen molar-refractivity contribution in [3.63, 3.8) is 0 Å². The Morgan fingerprint density at radius 1 is 1.28 bits per heavy atom. The maximum Gasteiger partial charge on any atom is 0.307 e. The van der Waals surface area contributed by atoms with Gasteiger partial charge in [0.25, 0.3) is 0 Å². The number of carbonyl (C=O) groups is 1. The Morgan fingerprint density at radius 3 is 2.39 bits per heavy atom. The van der Waals surface area contributed by atoms with E-state index in [1.165, 1.54) is 12.7 Å². The molecule has 0 amide bonds. The molecule has 0 aliphatic rings. The number of hydrogen-bond acceptors (Lipinski definition) is 3. The van der Waals surface area contributed by atoms with Gasteiger partial charge in [0.1, 0.15) is 0 Å². The topological polar surface area (TPSA) is 38.3 Å². The monoisotopic (exact) mass is 249 g/mol. The van der Waals surface area contributed by atoms with Crippen molar-refractivity contribution in [3.8, 4) is 0 Å². The number of hydrogen-bond donors (Lipinski definition) is 1. The molecule has 18 heavy (non-hydrogen) atoms. The first kappa shape index (κ1) is 14.7. The average molecular weight is 249 g/mol. The summed E-state index contributed by atoms with van der Waals surface area (Å²) < 4.78 is 4.75. The molecule has 0 bridgehead atoms. The molecular weight excluding hydrogens is 226 g/mol. The molecule has 1 rings (SSSR count). The lowest BCUT2D eigenvalue weighted by atomic mass is 9.84. The number of benzene rings is 1. The van der Waals surface area contributed by atoms with Crippen LogP contribution in [0.5, 0.6) is 0 Å². The van der Waals surface area contributed by atoms with Crippen LogP contribution >= 0.6 is 0 Å². The lowest BCUT2D eigenvalue weighted by Crippen LogP contribution is -2.41. The van der Waals surface area contributed by atoms with Crippen molar-refractivity contribution in [2.24, 2.45) is 5.41 Å². The molecule has 3 heteroatoms. The molecule has 1 atom stereocenters. The van der Waals surface area contributed by atoms with Gasteiger partial charge in [-0.3, -0.25) is 4.79 Å². The Hall–Kier alpha value is -1.35. The highest BCUT2D eigenvalue weighted by molar-refractivity contribution is 5.70. The van der Waals surface area contributed by atoms with Crippen molar-refractivity contribution in [2.75, 3.05) is 7.11 Å². The molecule has 0 aliphatic heterocycles. The molecule has 100 valence electrons. The summed E-state index contributed by atoms with van der Waals surface area (Å²) >= 11 is 0. The number of rotatable bonds is 5. The second-order valence-electron chi connectivity index (χ2n) is 5.57. The van der Waals surface area contributed by atoms with Gasteiger partial charge < -0.3 is 10.1 Å². The lowest BCUT2D eigenvalue weighted by molar-refractivity contribution is -0.141. The van der Waals surface area contributed by atoms with Crippen LogP contribution in [0.25, 0.3) is 0 Å². The Morgan fingerprint density at radius 2 is 1.89 bits per heavy atom. The molecule has 0 heterocycles. The normalized spacial score (nSPS) is 13.1. The van der Waals surface area contributed by atoms with Crippen LogP contribution in [0.2, 0.25) is 0 Å². The van der Waals surface area contributed by atoms with Crippen molar-refractivity contribution < 1.29 is 9.53 Å². The minimum atomic E-state index is -0.171. The van der Waals surface area contributed by atoms with E-state index in [1.807, 2.05) is 18.2 Å². The van der Waals surface area contributed by atoms with Crippen molar-refractivity contribution in [3.05, 3.63) is 35.9 Å². The fourth-order valence-electron chi connectivity index (χ4n) is 1.77. The van der Waals surface area contributed by atoms with E-state index < -0.39 is 0 Å². The fourth-order valence-corrected chi connectivity index (χ4v) is 1.77. The van der Waals surface area contributed by atoms with E-state index in [2.05, 4.69) is 38.2 Å². The van der Waals surface area contributed by atoms with Gasteiger partial charge in [0.15, 0.2) is 0 Å². The van der Waals surface area contributed by atoms with Crippen LogP contribution in [0.3, 0.4) is 0 Å².